The first-order valence-corrected chi connectivity index (χ1v) is 7.94. The quantitative estimate of drug-likeness (QED) is 0.921. The Morgan fingerprint density at radius 2 is 2.13 bits per heavy atom. The van der Waals surface area contributed by atoms with Crippen molar-refractivity contribution in [3.05, 3.63) is 59.5 Å². The third-order valence-electron chi connectivity index (χ3n) is 3.95. The van der Waals surface area contributed by atoms with E-state index in [9.17, 15) is 4.79 Å². The number of morpholine rings is 1. The molecule has 122 valence electrons. The molecule has 1 aromatic heterocycles. The van der Waals surface area contributed by atoms with Crippen LogP contribution in [-0.2, 0) is 17.8 Å². The predicted octanol–water partition coefficient (Wildman–Crippen LogP) is 2.43. The van der Waals surface area contributed by atoms with Crippen molar-refractivity contribution in [2.75, 3.05) is 19.7 Å². The number of nitrogens with one attached hydrogen (secondary N) is 1. The zero-order valence-electron chi connectivity index (χ0n) is 13.3. The van der Waals surface area contributed by atoms with Gasteiger partial charge in [-0.3, -0.25) is 9.69 Å². The van der Waals surface area contributed by atoms with E-state index in [4.69, 9.17) is 9.15 Å². The molecule has 0 spiro atoms. The molecule has 1 atom stereocenters. The third-order valence-corrected chi connectivity index (χ3v) is 3.95. The van der Waals surface area contributed by atoms with E-state index in [1.807, 2.05) is 36.4 Å². The maximum absolute atomic E-state index is 12.1. The predicted molar refractivity (Wildman–Crippen MR) is 87.0 cm³/mol. The van der Waals surface area contributed by atoms with Crippen LogP contribution in [0.1, 0.15) is 28.6 Å². The van der Waals surface area contributed by atoms with Gasteiger partial charge in [0.25, 0.3) is 5.91 Å². The van der Waals surface area contributed by atoms with Crippen molar-refractivity contribution >= 4 is 5.91 Å². The third kappa shape index (κ3) is 4.43. The van der Waals surface area contributed by atoms with Crippen molar-refractivity contribution in [2.45, 2.75) is 26.1 Å². The number of hydrogen-bond donors (Lipinski definition) is 1. The molecule has 1 N–H and O–H groups in total. The highest BCUT2D eigenvalue weighted by molar-refractivity contribution is 5.94. The molecule has 1 unspecified atom stereocenters. The van der Waals surface area contributed by atoms with E-state index in [0.717, 1.165) is 32.0 Å². The van der Waals surface area contributed by atoms with Gasteiger partial charge < -0.3 is 14.5 Å². The normalized spacial score (nSPS) is 18.7. The first-order chi connectivity index (χ1) is 11.2. The van der Waals surface area contributed by atoms with Crippen molar-refractivity contribution in [3.63, 3.8) is 0 Å². The van der Waals surface area contributed by atoms with Gasteiger partial charge in [-0.2, -0.15) is 0 Å². The Bertz CT molecular complexity index is 622. The fraction of sp³-hybridized carbons (Fsp3) is 0.389. The molecule has 1 aliphatic rings. The minimum atomic E-state index is -0.0899. The summed E-state index contributed by atoms with van der Waals surface area (Å²) >= 11 is 0. The summed E-state index contributed by atoms with van der Waals surface area (Å²) in [5, 5.41) is 2.85. The van der Waals surface area contributed by atoms with Gasteiger partial charge in [0, 0.05) is 25.2 Å². The van der Waals surface area contributed by atoms with Crippen molar-refractivity contribution in [1.29, 1.82) is 0 Å². The van der Waals surface area contributed by atoms with Crippen LogP contribution in [0, 0.1) is 0 Å². The number of ether oxygens (including phenoxy) is 1. The van der Waals surface area contributed by atoms with Gasteiger partial charge in [-0.25, -0.2) is 0 Å². The van der Waals surface area contributed by atoms with E-state index in [1.54, 1.807) is 6.26 Å². The van der Waals surface area contributed by atoms with Gasteiger partial charge in [-0.1, -0.05) is 12.1 Å². The highest BCUT2D eigenvalue weighted by Crippen LogP contribution is 2.11. The first kappa shape index (κ1) is 15.8. The van der Waals surface area contributed by atoms with Crippen LogP contribution >= 0.6 is 0 Å². The second-order valence-corrected chi connectivity index (χ2v) is 5.88. The number of carbonyl (C=O) groups excluding carboxylic acids is 1. The smallest absolute Gasteiger partial charge is 0.251 e. The van der Waals surface area contributed by atoms with E-state index in [2.05, 4.69) is 17.1 Å². The van der Waals surface area contributed by atoms with Gasteiger partial charge in [0.15, 0.2) is 0 Å². The minimum absolute atomic E-state index is 0.0899. The van der Waals surface area contributed by atoms with E-state index in [1.165, 1.54) is 5.56 Å². The second kappa shape index (κ2) is 7.44. The zero-order chi connectivity index (χ0) is 16.1. The lowest BCUT2D eigenvalue weighted by Gasteiger charge is -2.31. The van der Waals surface area contributed by atoms with Gasteiger partial charge in [0.1, 0.15) is 5.76 Å². The molecule has 1 fully saturated rings. The molecule has 1 amide bonds. The summed E-state index contributed by atoms with van der Waals surface area (Å²) in [4.78, 5) is 14.5. The largest absolute Gasteiger partial charge is 0.467 e. The molecule has 2 aromatic rings. The number of nitrogens with zero attached hydrogens (tertiary/aromatic N) is 1. The molecule has 3 rings (SSSR count). The lowest BCUT2D eigenvalue weighted by Crippen LogP contribution is -2.40. The average molecular weight is 314 g/mol. The fourth-order valence-electron chi connectivity index (χ4n) is 2.74. The molecular weight excluding hydrogens is 292 g/mol. The number of benzene rings is 1. The Balaban J connectivity index is 1.52. The maximum Gasteiger partial charge on any atom is 0.251 e. The van der Waals surface area contributed by atoms with Gasteiger partial charge >= 0.3 is 0 Å². The highest BCUT2D eigenvalue weighted by atomic mass is 16.5. The van der Waals surface area contributed by atoms with Crippen LogP contribution in [-0.4, -0.2) is 36.6 Å². The second-order valence-electron chi connectivity index (χ2n) is 5.88. The highest BCUT2D eigenvalue weighted by Gasteiger charge is 2.16. The average Bonchev–Trinajstić information content (AvgIpc) is 3.07. The molecule has 1 aliphatic heterocycles. The number of amides is 1. The summed E-state index contributed by atoms with van der Waals surface area (Å²) in [6, 6.07) is 11.4. The molecule has 0 bridgehead atoms. The number of rotatable bonds is 5. The first-order valence-electron chi connectivity index (χ1n) is 7.94. The summed E-state index contributed by atoms with van der Waals surface area (Å²) in [7, 11) is 0. The van der Waals surface area contributed by atoms with Gasteiger partial charge in [-0.15, -0.1) is 0 Å². The number of furan rings is 1. The summed E-state index contributed by atoms with van der Waals surface area (Å²) in [6.45, 7) is 6.08. The lowest BCUT2D eigenvalue weighted by molar-refractivity contribution is -0.0212. The summed E-state index contributed by atoms with van der Waals surface area (Å²) in [5.41, 5.74) is 1.87. The SMILES string of the molecule is CC1CN(Cc2ccc(C(=O)NCc3ccco3)cc2)CCO1. The molecule has 5 heteroatoms. The molecule has 1 saturated heterocycles. The van der Waals surface area contributed by atoms with Crippen LogP contribution in [0.5, 0.6) is 0 Å². The van der Waals surface area contributed by atoms with E-state index in [-0.39, 0.29) is 12.0 Å². The zero-order valence-corrected chi connectivity index (χ0v) is 13.3. The minimum Gasteiger partial charge on any atom is -0.467 e. The number of hydrogen-bond acceptors (Lipinski definition) is 4. The number of carbonyl (C=O) groups is 1. The van der Waals surface area contributed by atoms with E-state index < -0.39 is 0 Å². The van der Waals surface area contributed by atoms with Crippen LogP contribution in [0.4, 0.5) is 0 Å². The Morgan fingerprint density at radius 3 is 2.83 bits per heavy atom. The Labute approximate surface area is 136 Å². The van der Waals surface area contributed by atoms with E-state index in [0.29, 0.717) is 12.1 Å². The van der Waals surface area contributed by atoms with Gasteiger partial charge in [-0.05, 0) is 36.8 Å². The van der Waals surface area contributed by atoms with Crippen molar-refractivity contribution in [3.8, 4) is 0 Å². The summed E-state index contributed by atoms with van der Waals surface area (Å²) in [6.07, 6.45) is 1.89. The Morgan fingerprint density at radius 1 is 1.30 bits per heavy atom. The molecule has 23 heavy (non-hydrogen) atoms. The Kier molecular flexibility index (Phi) is 5.10. The maximum atomic E-state index is 12.1. The van der Waals surface area contributed by atoms with Gasteiger partial charge in [0.2, 0.25) is 0 Å². The molecule has 0 saturated carbocycles. The molecular formula is C18H22N2O3. The van der Waals surface area contributed by atoms with Crippen LogP contribution in [0.15, 0.2) is 47.1 Å². The Hall–Kier alpha value is -2.11. The van der Waals surface area contributed by atoms with Crippen molar-refractivity contribution in [1.82, 2.24) is 10.2 Å². The monoisotopic (exact) mass is 314 g/mol. The van der Waals surface area contributed by atoms with Crippen LogP contribution in [0.3, 0.4) is 0 Å². The van der Waals surface area contributed by atoms with Crippen LogP contribution in [0.2, 0.25) is 0 Å². The molecule has 0 radical (unpaired) electrons. The van der Waals surface area contributed by atoms with Crippen LogP contribution < -0.4 is 5.32 Å². The molecule has 5 nitrogen and oxygen atoms in total. The lowest BCUT2D eigenvalue weighted by atomic mass is 10.1. The molecule has 2 heterocycles. The van der Waals surface area contributed by atoms with Crippen molar-refractivity contribution < 1.29 is 13.9 Å². The molecule has 0 aliphatic carbocycles. The molecule has 1 aromatic carbocycles. The van der Waals surface area contributed by atoms with Crippen LogP contribution in [0.25, 0.3) is 0 Å². The standard InChI is InChI=1S/C18H22N2O3/c1-14-12-20(8-10-22-14)13-15-4-6-16(7-5-15)18(21)19-11-17-3-2-9-23-17/h2-7,9,14H,8,10-13H2,1H3,(H,19,21). The van der Waals surface area contributed by atoms with Crippen molar-refractivity contribution in [2.24, 2.45) is 0 Å². The topological polar surface area (TPSA) is 54.7 Å². The van der Waals surface area contributed by atoms with E-state index >= 15 is 0 Å². The summed E-state index contributed by atoms with van der Waals surface area (Å²) < 4.78 is 10.8. The summed E-state index contributed by atoms with van der Waals surface area (Å²) in [5.74, 6) is 0.657. The van der Waals surface area contributed by atoms with Gasteiger partial charge in [0.05, 0.1) is 25.5 Å². The fourth-order valence-corrected chi connectivity index (χ4v) is 2.74.